The highest BCUT2D eigenvalue weighted by Crippen LogP contribution is 2.34. The summed E-state index contributed by atoms with van der Waals surface area (Å²) in [4.78, 5) is 4.88. The molecule has 1 aliphatic rings. The van der Waals surface area contributed by atoms with Gasteiger partial charge in [0.05, 0.1) is 17.4 Å². The number of fused-ring (bicyclic) bond motifs is 1. The van der Waals surface area contributed by atoms with Gasteiger partial charge in [0.25, 0.3) is 0 Å². The Hall–Kier alpha value is -4.57. The third kappa shape index (κ3) is 8.37. The lowest BCUT2D eigenvalue weighted by molar-refractivity contribution is 0.556. The maximum Gasteiger partial charge on any atom is 0.227 e. The zero-order chi connectivity index (χ0) is 31.4. The zero-order valence-electron chi connectivity index (χ0n) is 27.2. The van der Waals surface area contributed by atoms with Crippen LogP contribution < -0.4 is 10.4 Å². The summed E-state index contributed by atoms with van der Waals surface area (Å²) in [7, 11) is 0. The van der Waals surface area contributed by atoms with E-state index >= 15 is 0 Å². The van der Waals surface area contributed by atoms with Gasteiger partial charge in [-0.15, -0.1) is 0 Å². The second-order valence-corrected chi connectivity index (χ2v) is 12.5. The fourth-order valence-electron chi connectivity index (χ4n) is 6.29. The molecule has 4 heteroatoms. The summed E-state index contributed by atoms with van der Waals surface area (Å²) >= 11 is 0. The molecule has 0 spiro atoms. The second-order valence-electron chi connectivity index (χ2n) is 12.5. The Morgan fingerprint density at radius 1 is 0.717 bits per heavy atom. The number of hydrogen-bond donors (Lipinski definition) is 1. The van der Waals surface area contributed by atoms with Crippen LogP contribution in [-0.2, 0) is 6.42 Å². The van der Waals surface area contributed by atoms with E-state index < -0.39 is 0 Å². The molecule has 1 unspecified atom stereocenters. The number of hydrogen-bond acceptors (Lipinski definition) is 4. The van der Waals surface area contributed by atoms with E-state index in [1.807, 2.05) is 6.07 Å². The molecular weight excluding hydrogens is 562 g/mol. The predicted octanol–water partition coefficient (Wildman–Crippen LogP) is 11.6. The van der Waals surface area contributed by atoms with Crippen molar-refractivity contribution < 1.29 is 4.42 Å². The molecule has 1 aromatic heterocycles. The molecule has 1 atom stereocenters. The highest BCUT2D eigenvalue weighted by atomic mass is 16.3. The van der Waals surface area contributed by atoms with Crippen LogP contribution in [0.2, 0.25) is 0 Å². The number of unbranched alkanes of at least 4 members (excludes halogenated alkanes) is 9. The normalized spacial score (nSPS) is 14.7. The molecule has 0 saturated heterocycles. The van der Waals surface area contributed by atoms with Gasteiger partial charge in [0.1, 0.15) is 5.52 Å². The molecule has 5 aromatic rings. The lowest BCUT2D eigenvalue weighted by Crippen LogP contribution is -2.34. The van der Waals surface area contributed by atoms with Gasteiger partial charge >= 0.3 is 0 Å². The Labute approximate surface area is 274 Å². The van der Waals surface area contributed by atoms with Gasteiger partial charge in [-0.3, -0.25) is 10.4 Å². The minimum absolute atomic E-state index is 0.0702. The molecule has 6 rings (SSSR count). The van der Waals surface area contributed by atoms with E-state index in [1.54, 1.807) is 0 Å². The van der Waals surface area contributed by atoms with Crippen LogP contribution in [-0.4, -0.2) is 4.98 Å². The fourth-order valence-corrected chi connectivity index (χ4v) is 6.29. The number of benzene rings is 4. The minimum atomic E-state index is 0.0702. The Kier molecular flexibility index (Phi) is 11.0. The molecule has 2 heterocycles. The summed E-state index contributed by atoms with van der Waals surface area (Å²) in [5.41, 5.74) is 12.3. The highest BCUT2D eigenvalue weighted by Gasteiger charge is 2.25. The average Bonchev–Trinajstić information content (AvgIpc) is 3.74. The minimum Gasteiger partial charge on any atom is -0.436 e. The van der Waals surface area contributed by atoms with E-state index in [0.29, 0.717) is 5.89 Å². The van der Waals surface area contributed by atoms with E-state index in [4.69, 9.17) is 9.40 Å². The van der Waals surface area contributed by atoms with Crippen molar-refractivity contribution in [3.05, 3.63) is 138 Å². The number of anilines is 1. The SMILES string of the molecule is CCCCCCCCCCCCc1ccc2oc(-c3ccc(N4NC(C=Cc5ccccc5)=CC4c4ccccc4)cc3)nc2c1. The van der Waals surface area contributed by atoms with E-state index in [1.165, 1.54) is 80.9 Å². The summed E-state index contributed by atoms with van der Waals surface area (Å²) in [6, 6.07) is 36.1. The topological polar surface area (TPSA) is 41.3 Å². The largest absolute Gasteiger partial charge is 0.436 e. The average molecular weight is 610 g/mol. The third-order valence-corrected chi connectivity index (χ3v) is 8.92. The summed E-state index contributed by atoms with van der Waals surface area (Å²) in [5.74, 6) is 0.663. The van der Waals surface area contributed by atoms with Gasteiger partial charge < -0.3 is 4.42 Å². The number of rotatable bonds is 16. The van der Waals surface area contributed by atoms with Gasteiger partial charge in [0.15, 0.2) is 5.58 Å². The molecular formula is C42H47N3O. The molecule has 4 nitrogen and oxygen atoms in total. The lowest BCUT2D eigenvalue weighted by atomic mass is 10.0. The Bertz CT molecular complexity index is 1700. The lowest BCUT2D eigenvalue weighted by Gasteiger charge is -2.27. The van der Waals surface area contributed by atoms with E-state index in [0.717, 1.165) is 34.5 Å². The monoisotopic (exact) mass is 609 g/mol. The van der Waals surface area contributed by atoms with E-state index in [2.05, 4.69) is 133 Å². The van der Waals surface area contributed by atoms with Crippen LogP contribution in [0.15, 0.2) is 125 Å². The first-order chi connectivity index (χ1) is 22.8. The number of hydrazine groups is 1. The molecule has 0 bridgehead atoms. The van der Waals surface area contributed by atoms with Gasteiger partial charge in [-0.05, 0) is 78.1 Å². The maximum atomic E-state index is 6.20. The second kappa shape index (κ2) is 16.1. The molecule has 0 aliphatic carbocycles. The maximum absolute atomic E-state index is 6.20. The predicted molar refractivity (Wildman–Crippen MR) is 193 cm³/mol. The summed E-state index contributed by atoms with van der Waals surface area (Å²) in [6.07, 6.45) is 21.3. The molecule has 0 saturated carbocycles. The van der Waals surface area contributed by atoms with Gasteiger partial charge in [0.2, 0.25) is 5.89 Å². The number of nitrogens with zero attached hydrogens (tertiary/aromatic N) is 2. The van der Waals surface area contributed by atoms with Crippen LogP contribution in [0.3, 0.4) is 0 Å². The van der Waals surface area contributed by atoms with Crippen LogP contribution >= 0.6 is 0 Å². The number of allylic oxidation sites excluding steroid dienone is 1. The van der Waals surface area contributed by atoms with Crippen molar-refractivity contribution in [1.82, 2.24) is 10.4 Å². The molecule has 0 radical (unpaired) electrons. The molecule has 1 N–H and O–H groups in total. The molecule has 236 valence electrons. The standard InChI is InChI=1S/C42H47N3O/c1-2-3-4-5-6-7-8-9-10-13-20-34-24-30-41-39(31-34)43-42(46-41)36-25-28-38(29-26-36)45-40(35-21-16-12-17-22-35)32-37(44-45)27-23-33-18-14-11-15-19-33/h11-12,14-19,21-32,40,44H,2-10,13,20H2,1H3. The van der Waals surface area contributed by atoms with E-state index in [9.17, 15) is 0 Å². The van der Waals surface area contributed by atoms with Crippen LogP contribution in [0.1, 0.15) is 93.9 Å². The van der Waals surface area contributed by atoms with Crippen LogP contribution in [0, 0.1) is 0 Å². The smallest absolute Gasteiger partial charge is 0.227 e. The van der Waals surface area contributed by atoms with Crippen molar-refractivity contribution in [2.24, 2.45) is 0 Å². The van der Waals surface area contributed by atoms with Gasteiger partial charge in [-0.1, -0.05) is 138 Å². The number of oxazole rings is 1. The van der Waals surface area contributed by atoms with Crippen molar-refractivity contribution in [1.29, 1.82) is 0 Å². The highest BCUT2D eigenvalue weighted by molar-refractivity contribution is 5.77. The van der Waals surface area contributed by atoms with Gasteiger partial charge in [0, 0.05) is 5.56 Å². The van der Waals surface area contributed by atoms with Crippen molar-refractivity contribution in [2.45, 2.75) is 83.6 Å². The van der Waals surface area contributed by atoms with Crippen LogP contribution in [0.25, 0.3) is 28.6 Å². The number of aryl methyl sites for hydroxylation is 1. The molecule has 1 aliphatic heterocycles. The number of aromatic nitrogens is 1. The van der Waals surface area contributed by atoms with Crippen molar-refractivity contribution >= 4 is 22.9 Å². The van der Waals surface area contributed by atoms with Crippen LogP contribution in [0.4, 0.5) is 5.69 Å². The molecule has 4 aromatic carbocycles. The quantitative estimate of drug-likeness (QED) is 0.113. The third-order valence-electron chi connectivity index (χ3n) is 8.92. The summed E-state index contributed by atoms with van der Waals surface area (Å²) in [5, 5.41) is 2.22. The first kappa shape index (κ1) is 31.4. The van der Waals surface area contributed by atoms with Gasteiger partial charge in [-0.2, -0.15) is 0 Å². The fraction of sp³-hybridized carbons (Fsp3) is 0.310. The Morgan fingerprint density at radius 2 is 1.39 bits per heavy atom. The first-order valence-corrected chi connectivity index (χ1v) is 17.3. The molecule has 0 amide bonds. The number of nitrogens with one attached hydrogen (secondary N) is 1. The molecule has 46 heavy (non-hydrogen) atoms. The summed E-state index contributed by atoms with van der Waals surface area (Å²) in [6.45, 7) is 2.28. The Morgan fingerprint density at radius 3 is 2.11 bits per heavy atom. The van der Waals surface area contributed by atoms with Crippen LogP contribution in [0.5, 0.6) is 0 Å². The first-order valence-electron chi connectivity index (χ1n) is 17.3. The Balaban J connectivity index is 1.07. The van der Waals surface area contributed by atoms with Crippen molar-refractivity contribution in [3.63, 3.8) is 0 Å². The van der Waals surface area contributed by atoms with Gasteiger partial charge in [-0.25, -0.2) is 4.98 Å². The van der Waals surface area contributed by atoms with Crippen molar-refractivity contribution in [3.8, 4) is 11.5 Å². The summed E-state index contributed by atoms with van der Waals surface area (Å²) < 4.78 is 6.20. The van der Waals surface area contributed by atoms with E-state index in [-0.39, 0.29) is 6.04 Å². The molecule has 0 fully saturated rings. The zero-order valence-corrected chi connectivity index (χ0v) is 27.2. The van der Waals surface area contributed by atoms with Crippen molar-refractivity contribution in [2.75, 3.05) is 5.01 Å².